The summed E-state index contributed by atoms with van der Waals surface area (Å²) in [7, 11) is 0. The number of imidazole rings is 1. The minimum absolute atomic E-state index is 0.000310. The van der Waals surface area contributed by atoms with Gasteiger partial charge in [0.15, 0.2) is 0 Å². The standard InChI is InChI=1S/C14H20N6O2S/c1-9-18-20-7-11(17-14(20)23-9)5-16-13(22)10-3-2-4-19(6-10)8-12(15)21/h7,10H,2-6,8H2,1H3,(H2,15,21)(H,16,22). The SMILES string of the molecule is Cc1nn2cc(CNC(=O)C3CCCN(CC(N)=O)C3)nc2s1. The maximum absolute atomic E-state index is 12.3. The van der Waals surface area contributed by atoms with Crippen molar-refractivity contribution in [3.63, 3.8) is 0 Å². The summed E-state index contributed by atoms with van der Waals surface area (Å²) in [5, 5.41) is 8.18. The van der Waals surface area contributed by atoms with Gasteiger partial charge >= 0.3 is 0 Å². The number of nitrogens with two attached hydrogens (primary N) is 1. The number of carbonyl (C=O) groups is 2. The summed E-state index contributed by atoms with van der Waals surface area (Å²) in [5.74, 6) is -0.459. The van der Waals surface area contributed by atoms with E-state index in [0.717, 1.165) is 35.0 Å². The number of piperidine rings is 1. The number of nitrogens with zero attached hydrogens (tertiary/aromatic N) is 4. The summed E-state index contributed by atoms with van der Waals surface area (Å²) in [6.45, 7) is 3.93. The number of nitrogens with one attached hydrogen (secondary N) is 1. The Bertz CT molecular complexity index is 692. The Morgan fingerprint density at radius 2 is 2.35 bits per heavy atom. The van der Waals surface area contributed by atoms with E-state index in [1.807, 2.05) is 18.0 Å². The van der Waals surface area contributed by atoms with Crippen molar-refractivity contribution >= 4 is 28.1 Å². The van der Waals surface area contributed by atoms with Crippen LogP contribution in [0.25, 0.3) is 4.96 Å². The molecule has 1 aliphatic rings. The highest BCUT2D eigenvalue weighted by atomic mass is 32.1. The molecule has 2 aromatic rings. The van der Waals surface area contributed by atoms with Gasteiger partial charge in [-0.15, -0.1) is 0 Å². The van der Waals surface area contributed by atoms with Crippen molar-refractivity contribution in [2.24, 2.45) is 11.7 Å². The lowest BCUT2D eigenvalue weighted by atomic mass is 9.97. The summed E-state index contributed by atoms with van der Waals surface area (Å²) < 4.78 is 1.73. The fourth-order valence-electron chi connectivity index (χ4n) is 2.89. The van der Waals surface area contributed by atoms with Crippen LogP contribution in [0.2, 0.25) is 0 Å². The van der Waals surface area contributed by atoms with Gasteiger partial charge in [0, 0.05) is 6.54 Å². The first-order valence-corrected chi connectivity index (χ1v) is 8.43. The first-order valence-electron chi connectivity index (χ1n) is 7.61. The fraction of sp³-hybridized carbons (Fsp3) is 0.571. The van der Waals surface area contributed by atoms with Gasteiger partial charge in [0.2, 0.25) is 16.8 Å². The van der Waals surface area contributed by atoms with E-state index in [4.69, 9.17) is 5.73 Å². The number of likely N-dealkylation sites (tertiary alicyclic amines) is 1. The highest BCUT2D eigenvalue weighted by Crippen LogP contribution is 2.17. The van der Waals surface area contributed by atoms with Crippen LogP contribution in [0.1, 0.15) is 23.5 Å². The highest BCUT2D eigenvalue weighted by Gasteiger charge is 2.26. The number of fused-ring (bicyclic) bond motifs is 1. The van der Waals surface area contributed by atoms with Crippen LogP contribution in [0.4, 0.5) is 0 Å². The second kappa shape index (κ2) is 6.63. The zero-order chi connectivity index (χ0) is 16.4. The number of hydrogen-bond acceptors (Lipinski definition) is 6. The molecule has 0 saturated carbocycles. The van der Waals surface area contributed by atoms with Gasteiger partial charge in [-0.1, -0.05) is 11.3 Å². The molecule has 1 unspecified atom stereocenters. The Morgan fingerprint density at radius 3 is 3.09 bits per heavy atom. The molecule has 8 nitrogen and oxygen atoms in total. The summed E-state index contributed by atoms with van der Waals surface area (Å²) in [6.07, 6.45) is 3.56. The molecule has 9 heteroatoms. The van der Waals surface area contributed by atoms with E-state index in [1.54, 1.807) is 4.52 Å². The lowest BCUT2D eigenvalue weighted by molar-refractivity contribution is -0.128. The largest absolute Gasteiger partial charge is 0.369 e. The average Bonchev–Trinajstić information content (AvgIpc) is 3.01. The van der Waals surface area contributed by atoms with Crippen molar-refractivity contribution in [3.8, 4) is 0 Å². The number of aromatic nitrogens is 3. The molecule has 124 valence electrons. The van der Waals surface area contributed by atoms with Crippen LogP contribution in [0.5, 0.6) is 0 Å². The van der Waals surface area contributed by atoms with Crippen LogP contribution in [0.15, 0.2) is 6.20 Å². The van der Waals surface area contributed by atoms with Crippen molar-refractivity contribution in [2.45, 2.75) is 26.3 Å². The number of aryl methyl sites for hydroxylation is 1. The smallest absolute Gasteiger partial charge is 0.231 e. The van der Waals surface area contributed by atoms with E-state index >= 15 is 0 Å². The quantitative estimate of drug-likeness (QED) is 0.794. The van der Waals surface area contributed by atoms with Gasteiger partial charge in [-0.25, -0.2) is 9.50 Å². The van der Waals surface area contributed by atoms with Crippen molar-refractivity contribution in [1.29, 1.82) is 0 Å². The average molecular weight is 336 g/mol. The van der Waals surface area contributed by atoms with E-state index < -0.39 is 0 Å². The second-order valence-electron chi connectivity index (χ2n) is 5.84. The van der Waals surface area contributed by atoms with E-state index in [9.17, 15) is 9.59 Å². The van der Waals surface area contributed by atoms with Crippen LogP contribution in [0, 0.1) is 12.8 Å². The van der Waals surface area contributed by atoms with Gasteiger partial charge in [0.05, 0.1) is 30.9 Å². The third-order valence-electron chi connectivity index (χ3n) is 3.89. The number of amides is 2. The van der Waals surface area contributed by atoms with E-state index in [1.165, 1.54) is 11.3 Å². The maximum Gasteiger partial charge on any atom is 0.231 e. The van der Waals surface area contributed by atoms with Crippen LogP contribution in [-0.2, 0) is 16.1 Å². The Kier molecular flexibility index (Phi) is 4.58. The minimum Gasteiger partial charge on any atom is -0.369 e. The molecular formula is C14H20N6O2S. The third-order valence-corrected chi connectivity index (χ3v) is 4.73. The molecule has 0 aromatic carbocycles. The maximum atomic E-state index is 12.3. The topological polar surface area (TPSA) is 106 Å². The molecule has 0 aliphatic carbocycles. The molecule has 2 amide bonds. The Balaban J connectivity index is 1.53. The Morgan fingerprint density at radius 1 is 1.52 bits per heavy atom. The first-order chi connectivity index (χ1) is 11.0. The van der Waals surface area contributed by atoms with Crippen LogP contribution < -0.4 is 11.1 Å². The minimum atomic E-state index is -0.355. The zero-order valence-electron chi connectivity index (χ0n) is 13.0. The van der Waals surface area contributed by atoms with Crippen molar-refractivity contribution in [1.82, 2.24) is 24.8 Å². The summed E-state index contributed by atoms with van der Waals surface area (Å²) >= 11 is 1.52. The molecule has 0 radical (unpaired) electrons. The number of hydrogen-bond donors (Lipinski definition) is 2. The summed E-state index contributed by atoms with van der Waals surface area (Å²) in [6, 6.07) is 0. The van der Waals surface area contributed by atoms with Crippen molar-refractivity contribution in [2.75, 3.05) is 19.6 Å². The van der Waals surface area contributed by atoms with Gasteiger partial charge in [0.25, 0.3) is 0 Å². The molecule has 0 bridgehead atoms. The fourth-order valence-corrected chi connectivity index (χ4v) is 3.63. The van der Waals surface area contributed by atoms with E-state index in [0.29, 0.717) is 13.1 Å². The lowest BCUT2D eigenvalue weighted by Crippen LogP contribution is -2.45. The number of primary amides is 1. The molecule has 1 atom stereocenters. The number of carbonyl (C=O) groups excluding carboxylic acids is 2. The molecule has 3 rings (SSSR count). The molecule has 23 heavy (non-hydrogen) atoms. The third kappa shape index (κ3) is 3.85. The van der Waals surface area contributed by atoms with Crippen molar-refractivity contribution < 1.29 is 9.59 Å². The van der Waals surface area contributed by atoms with Crippen LogP contribution in [0.3, 0.4) is 0 Å². The second-order valence-corrected chi connectivity index (χ2v) is 7.00. The zero-order valence-corrected chi connectivity index (χ0v) is 13.8. The van der Waals surface area contributed by atoms with E-state index in [2.05, 4.69) is 15.4 Å². The van der Waals surface area contributed by atoms with Gasteiger partial charge in [-0.05, 0) is 26.3 Å². The predicted octanol–water partition coefficient (Wildman–Crippen LogP) is -0.0873. The molecule has 2 aromatic heterocycles. The summed E-state index contributed by atoms with van der Waals surface area (Å²) in [4.78, 5) is 30.5. The first kappa shape index (κ1) is 15.9. The van der Waals surface area contributed by atoms with Crippen LogP contribution >= 0.6 is 11.3 Å². The normalized spacial score (nSPS) is 19.1. The number of rotatable bonds is 5. The molecule has 1 fully saturated rings. The van der Waals surface area contributed by atoms with Gasteiger partial charge in [-0.2, -0.15) is 5.10 Å². The van der Waals surface area contributed by atoms with Gasteiger partial charge in [0.1, 0.15) is 5.01 Å². The van der Waals surface area contributed by atoms with Crippen LogP contribution in [-0.4, -0.2) is 50.9 Å². The molecular weight excluding hydrogens is 316 g/mol. The summed E-state index contributed by atoms with van der Waals surface area (Å²) in [5.41, 5.74) is 6.01. The van der Waals surface area contributed by atoms with Gasteiger partial charge < -0.3 is 11.1 Å². The molecule has 1 saturated heterocycles. The van der Waals surface area contributed by atoms with Gasteiger partial charge in [-0.3, -0.25) is 14.5 Å². The molecule has 3 heterocycles. The van der Waals surface area contributed by atoms with Crippen molar-refractivity contribution in [3.05, 3.63) is 16.9 Å². The molecule has 0 spiro atoms. The molecule has 3 N–H and O–H groups in total. The Hall–Kier alpha value is -2.00. The predicted molar refractivity (Wildman–Crippen MR) is 85.8 cm³/mol. The Labute approximate surface area is 137 Å². The lowest BCUT2D eigenvalue weighted by Gasteiger charge is -2.30. The molecule has 1 aliphatic heterocycles. The highest BCUT2D eigenvalue weighted by molar-refractivity contribution is 7.16. The monoisotopic (exact) mass is 336 g/mol. The van der Waals surface area contributed by atoms with E-state index in [-0.39, 0.29) is 24.3 Å².